The summed E-state index contributed by atoms with van der Waals surface area (Å²) < 4.78 is 10.7. The first-order valence-electron chi connectivity index (χ1n) is 9.55. The van der Waals surface area contributed by atoms with Gasteiger partial charge in [0.15, 0.2) is 17.5 Å². The molecule has 5 nitrogen and oxygen atoms in total. The number of benzene rings is 2. The van der Waals surface area contributed by atoms with Gasteiger partial charge in [-0.2, -0.15) is 0 Å². The lowest BCUT2D eigenvalue weighted by atomic mass is 10.1. The summed E-state index contributed by atoms with van der Waals surface area (Å²) in [7, 11) is 3.31. The molecule has 0 aromatic heterocycles. The van der Waals surface area contributed by atoms with Crippen molar-refractivity contribution in [2.24, 2.45) is 4.99 Å². The van der Waals surface area contributed by atoms with Crippen molar-refractivity contribution in [2.45, 2.75) is 31.7 Å². The van der Waals surface area contributed by atoms with Crippen molar-refractivity contribution in [1.82, 2.24) is 10.6 Å². The molecule has 6 heteroatoms. The van der Waals surface area contributed by atoms with Crippen LogP contribution in [0.5, 0.6) is 11.5 Å². The zero-order valence-electron chi connectivity index (χ0n) is 16.8. The molecule has 0 bridgehead atoms. The number of hydrogen-bond donors (Lipinski definition) is 2. The second kappa shape index (κ2) is 11.1. The standard InChI is InChI=1S/C22H29N3O2.HI/c1-4-23-22(25-19-15-18(19)17-8-6-5-7-9-17)24-13-12-16-10-11-20(26-2)21(14-16)27-3;/h5-11,14,18-19H,4,12-13,15H2,1-3H3,(H2,23,24,25);1H. The van der Waals surface area contributed by atoms with Gasteiger partial charge >= 0.3 is 0 Å². The van der Waals surface area contributed by atoms with E-state index in [9.17, 15) is 0 Å². The summed E-state index contributed by atoms with van der Waals surface area (Å²) in [6.45, 7) is 3.66. The van der Waals surface area contributed by atoms with Gasteiger partial charge in [-0.05, 0) is 43.0 Å². The molecular formula is C22H30IN3O2. The van der Waals surface area contributed by atoms with E-state index < -0.39 is 0 Å². The molecule has 2 aromatic rings. The minimum absolute atomic E-state index is 0. The molecule has 3 rings (SSSR count). The van der Waals surface area contributed by atoms with Crippen molar-refractivity contribution >= 4 is 29.9 Å². The molecule has 152 valence electrons. The fraction of sp³-hybridized carbons (Fsp3) is 0.409. The topological polar surface area (TPSA) is 54.9 Å². The van der Waals surface area contributed by atoms with Crippen molar-refractivity contribution in [3.63, 3.8) is 0 Å². The van der Waals surface area contributed by atoms with Crippen LogP contribution < -0.4 is 20.1 Å². The monoisotopic (exact) mass is 495 g/mol. The third-order valence-electron chi connectivity index (χ3n) is 4.80. The van der Waals surface area contributed by atoms with Crippen LogP contribution in [0.15, 0.2) is 53.5 Å². The molecule has 2 N–H and O–H groups in total. The maximum Gasteiger partial charge on any atom is 0.191 e. The van der Waals surface area contributed by atoms with Crippen LogP contribution in [-0.4, -0.2) is 39.3 Å². The highest BCUT2D eigenvalue weighted by Crippen LogP contribution is 2.40. The molecule has 28 heavy (non-hydrogen) atoms. The summed E-state index contributed by atoms with van der Waals surface area (Å²) in [6, 6.07) is 17.2. The van der Waals surface area contributed by atoms with E-state index in [1.807, 2.05) is 12.1 Å². The molecule has 0 radical (unpaired) electrons. The van der Waals surface area contributed by atoms with Crippen LogP contribution in [0.25, 0.3) is 0 Å². The van der Waals surface area contributed by atoms with Gasteiger partial charge in [0.1, 0.15) is 0 Å². The van der Waals surface area contributed by atoms with Crippen molar-refractivity contribution < 1.29 is 9.47 Å². The summed E-state index contributed by atoms with van der Waals surface area (Å²) in [5.41, 5.74) is 2.58. The van der Waals surface area contributed by atoms with Crippen molar-refractivity contribution in [3.05, 3.63) is 59.7 Å². The molecule has 2 atom stereocenters. The summed E-state index contributed by atoms with van der Waals surface area (Å²) in [5, 5.41) is 6.91. The average Bonchev–Trinajstić information content (AvgIpc) is 3.47. The molecule has 0 amide bonds. The van der Waals surface area contributed by atoms with E-state index in [1.165, 1.54) is 11.1 Å². The molecular weight excluding hydrogens is 465 g/mol. The predicted octanol–water partition coefficient (Wildman–Crippen LogP) is 3.98. The highest BCUT2D eigenvalue weighted by Gasteiger charge is 2.38. The Morgan fingerprint density at radius 1 is 1.07 bits per heavy atom. The number of guanidine groups is 1. The Morgan fingerprint density at radius 3 is 2.50 bits per heavy atom. The fourth-order valence-corrected chi connectivity index (χ4v) is 3.25. The second-order valence-electron chi connectivity index (χ2n) is 6.70. The van der Waals surface area contributed by atoms with Gasteiger partial charge in [0, 0.05) is 25.0 Å². The third-order valence-corrected chi connectivity index (χ3v) is 4.80. The first kappa shape index (κ1) is 22.3. The zero-order chi connectivity index (χ0) is 19.1. The fourth-order valence-electron chi connectivity index (χ4n) is 3.25. The van der Waals surface area contributed by atoms with Gasteiger partial charge in [0.2, 0.25) is 0 Å². The van der Waals surface area contributed by atoms with Crippen molar-refractivity contribution in [2.75, 3.05) is 27.3 Å². The number of ether oxygens (including phenoxy) is 2. The Bertz CT molecular complexity index is 768. The van der Waals surface area contributed by atoms with Crippen LogP contribution in [0.4, 0.5) is 0 Å². The minimum Gasteiger partial charge on any atom is -0.493 e. The van der Waals surface area contributed by atoms with Crippen LogP contribution >= 0.6 is 24.0 Å². The molecule has 1 saturated carbocycles. The SMILES string of the molecule is CCNC(=NCCc1ccc(OC)c(OC)c1)NC1CC1c1ccccc1.I. The van der Waals surface area contributed by atoms with Gasteiger partial charge in [0.25, 0.3) is 0 Å². The van der Waals surface area contributed by atoms with Crippen LogP contribution in [-0.2, 0) is 6.42 Å². The molecule has 1 fully saturated rings. The van der Waals surface area contributed by atoms with E-state index in [4.69, 9.17) is 14.5 Å². The van der Waals surface area contributed by atoms with Gasteiger partial charge in [-0.15, -0.1) is 24.0 Å². The first-order chi connectivity index (χ1) is 13.2. The largest absolute Gasteiger partial charge is 0.493 e. The first-order valence-corrected chi connectivity index (χ1v) is 9.55. The minimum atomic E-state index is 0. The highest BCUT2D eigenvalue weighted by molar-refractivity contribution is 14.0. The van der Waals surface area contributed by atoms with Crippen LogP contribution in [0.3, 0.4) is 0 Å². The van der Waals surface area contributed by atoms with Gasteiger partial charge < -0.3 is 20.1 Å². The summed E-state index contributed by atoms with van der Waals surface area (Å²) in [5.74, 6) is 2.98. The molecule has 0 aliphatic heterocycles. The average molecular weight is 495 g/mol. The van der Waals surface area contributed by atoms with Gasteiger partial charge in [-0.25, -0.2) is 0 Å². The smallest absolute Gasteiger partial charge is 0.191 e. The van der Waals surface area contributed by atoms with Crippen LogP contribution in [0, 0.1) is 0 Å². The molecule has 0 heterocycles. The number of aliphatic imine (C=N–C) groups is 1. The Kier molecular flexibility index (Phi) is 8.89. The summed E-state index contributed by atoms with van der Waals surface area (Å²) in [6.07, 6.45) is 2.01. The Labute approximate surface area is 184 Å². The molecule has 1 aliphatic carbocycles. The van der Waals surface area contributed by atoms with E-state index in [2.05, 4.69) is 54.0 Å². The maximum absolute atomic E-state index is 5.37. The Hall–Kier alpha value is -1.96. The molecule has 1 aliphatic rings. The van der Waals surface area contributed by atoms with E-state index in [1.54, 1.807) is 14.2 Å². The number of halogens is 1. The number of nitrogens with zero attached hydrogens (tertiary/aromatic N) is 1. The van der Waals surface area contributed by atoms with Gasteiger partial charge in [0.05, 0.1) is 14.2 Å². The van der Waals surface area contributed by atoms with E-state index in [0.29, 0.717) is 18.5 Å². The number of nitrogens with one attached hydrogen (secondary N) is 2. The van der Waals surface area contributed by atoms with Crippen molar-refractivity contribution in [1.29, 1.82) is 0 Å². The summed E-state index contributed by atoms with van der Waals surface area (Å²) >= 11 is 0. The number of hydrogen-bond acceptors (Lipinski definition) is 3. The maximum atomic E-state index is 5.37. The number of methoxy groups -OCH3 is 2. The Balaban J connectivity index is 0.00000280. The molecule has 2 aromatic carbocycles. The lowest BCUT2D eigenvalue weighted by molar-refractivity contribution is 0.354. The third kappa shape index (κ3) is 6.02. The van der Waals surface area contributed by atoms with Crippen LogP contribution in [0.2, 0.25) is 0 Å². The molecule has 0 saturated heterocycles. The quantitative estimate of drug-likeness (QED) is 0.331. The molecule has 2 unspecified atom stereocenters. The second-order valence-corrected chi connectivity index (χ2v) is 6.70. The van der Waals surface area contributed by atoms with Crippen molar-refractivity contribution in [3.8, 4) is 11.5 Å². The lowest BCUT2D eigenvalue weighted by Gasteiger charge is -2.12. The van der Waals surface area contributed by atoms with Crippen LogP contribution in [0.1, 0.15) is 30.4 Å². The normalized spacial score (nSPS) is 18.0. The highest BCUT2D eigenvalue weighted by atomic mass is 127. The number of rotatable bonds is 8. The zero-order valence-corrected chi connectivity index (χ0v) is 19.1. The lowest BCUT2D eigenvalue weighted by Crippen LogP contribution is -2.39. The van der Waals surface area contributed by atoms with Gasteiger partial charge in [-0.1, -0.05) is 36.4 Å². The molecule has 0 spiro atoms. The van der Waals surface area contributed by atoms with Gasteiger partial charge in [-0.3, -0.25) is 4.99 Å². The summed E-state index contributed by atoms with van der Waals surface area (Å²) in [4.78, 5) is 4.74. The van der Waals surface area contributed by atoms with E-state index in [-0.39, 0.29) is 24.0 Å². The van der Waals surface area contributed by atoms with E-state index in [0.717, 1.165) is 36.8 Å². The van der Waals surface area contributed by atoms with E-state index >= 15 is 0 Å². The predicted molar refractivity (Wildman–Crippen MR) is 125 cm³/mol. The Morgan fingerprint density at radius 2 is 1.82 bits per heavy atom.